The Balaban J connectivity index is 1.42. The van der Waals surface area contributed by atoms with Crippen LogP contribution in [0.2, 0.25) is 0 Å². The molecule has 4 rings (SSSR count). The van der Waals surface area contributed by atoms with Crippen LogP contribution in [0.15, 0.2) is 28.0 Å². The summed E-state index contributed by atoms with van der Waals surface area (Å²) in [6.45, 7) is 4.74. The van der Waals surface area contributed by atoms with Crippen molar-refractivity contribution in [3.05, 3.63) is 35.2 Å². The van der Waals surface area contributed by atoms with Crippen molar-refractivity contribution < 1.29 is 14.0 Å². The van der Waals surface area contributed by atoms with Gasteiger partial charge in [0.15, 0.2) is 16.6 Å². The van der Waals surface area contributed by atoms with E-state index in [4.69, 9.17) is 4.42 Å². The number of aromatic nitrogens is 2. The second-order valence-corrected chi connectivity index (χ2v) is 7.72. The topological polar surface area (TPSA) is 88.3 Å². The number of rotatable bonds is 5. The standard InChI is InChI=1S/C19H20N4O3S/c1-11(2)18-22-14-8-12(5-6-15(14)26-18)20-16(24)9-13-10-27-19(21-13)23-7-3-4-17(23)25/h5-6,8,10-11H,3-4,7,9H2,1-2H3,(H,20,24). The summed E-state index contributed by atoms with van der Waals surface area (Å²) in [6.07, 6.45) is 1.59. The van der Waals surface area contributed by atoms with E-state index in [1.165, 1.54) is 11.3 Å². The summed E-state index contributed by atoms with van der Waals surface area (Å²) >= 11 is 1.40. The minimum Gasteiger partial charge on any atom is -0.440 e. The number of hydrogen-bond donors (Lipinski definition) is 1. The molecule has 7 nitrogen and oxygen atoms in total. The van der Waals surface area contributed by atoms with E-state index >= 15 is 0 Å². The monoisotopic (exact) mass is 384 g/mol. The number of amides is 2. The summed E-state index contributed by atoms with van der Waals surface area (Å²) in [7, 11) is 0. The Bertz CT molecular complexity index is 1010. The molecule has 0 spiro atoms. The Morgan fingerprint density at radius 3 is 2.96 bits per heavy atom. The van der Waals surface area contributed by atoms with E-state index in [-0.39, 0.29) is 24.2 Å². The Morgan fingerprint density at radius 1 is 1.37 bits per heavy atom. The third-order valence-electron chi connectivity index (χ3n) is 4.37. The SMILES string of the molecule is CC(C)c1nc2cc(NC(=O)Cc3csc(N4CCCC4=O)n3)ccc2o1. The van der Waals surface area contributed by atoms with Gasteiger partial charge in [-0.3, -0.25) is 14.5 Å². The lowest BCUT2D eigenvalue weighted by Crippen LogP contribution is -2.23. The van der Waals surface area contributed by atoms with Crippen LogP contribution in [-0.4, -0.2) is 28.3 Å². The van der Waals surface area contributed by atoms with Crippen molar-refractivity contribution in [2.75, 3.05) is 16.8 Å². The second-order valence-electron chi connectivity index (χ2n) is 6.88. The molecule has 1 aliphatic rings. The van der Waals surface area contributed by atoms with E-state index in [0.29, 0.717) is 41.0 Å². The highest BCUT2D eigenvalue weighted by Gasteiger charge is 2.24. The Labute approximate surface area is 160 Å². The molecule has 1 fully saturated rings. The van der Waals surface area contributed by atoms with Gasteiger partial charge in [0, 0.05) is 30.0 Å². The van der Waals surface area contributed by atoms with E-state index in [1.54, 1.807) is 17.0 Å². The van der Waals surface area contributed by atoms with Gasteiger partial charge in [0.25, 0.3) is 0 Å². The highest BCUT2D eigenvalue weighted by molar-refractivity contribution is 7.14. The van der Waals surface area contributed by atoms with Gasteiger partial charge in [-0.1, -0.05) is 13.8 Å². The van der Waals surface area contributed by atoms with E-state index in [9.17, 15) is 9.59 Å². The molecule has 1 aromatic carbocycles. The van der Waals surface area contributed by atoms with Crippen LogP contribution < -0.4 is 10.2 Å². The first-order chi connectivity index (χ1) is 13.0. The largest absolute Gasteiger partial charge is 0.440 e. The highest BCUT2D eigenvalue weighted by Crippen LogP contribution is 2.26. The van der Waals surface area contributed by atoms with Crippen molar-refractivity contribution in [1.82, 2.24) is 9.97 Å². The average Bonchev–Trinajstić information content (AvgIpc) is 3.33. The summed E-state index contributed by atoms with van der Waals surface area (Å²) in [5.74, 6) is 0.824. The lowest BCUT2D eigenvalue weighted by Gasteiger charge is -2.10. The maximum absolute atomic E-state index is 12.4. The molecule has 140 valence electrons. The van der Waals surface area contributed by atoms with Crippen LogP contribution in [0.5, 0.6) is 0 Å². The van der Waals surface area contributed by atoms with Gasteiger partial charge >= 0.3 is 0 Å². The van der Waals surface area contributed by atoms with Crippen LogP contribution in [0.1, 0.15) is 44.2 Å². The summed E-state index contributed by atoms with van der Waals surface area (Å²) in [4.78, 5) is 34.7. The number of nitrogens with zero attached hydrogens (tertiary/aromatic N) is 3. The third-order valence-corrected chi connectivity index (χ3v) is 5.28. The zero-order chi connectivity index (χ0) is 19.0. The van der Waals surface area contributed by atoms with Gasteiger partial charge in [-0.15, -0.1) is 11.3 Å². The first-order valence-corrected chi connectivity index (χ1v) is 9.82. The normalized spacial score (nSPS) is 14.5. The van der Waals surface area contributed by atoms with Crippen molar-refractivity contribution in [2.24, 2.45) is 0 Å². The molecule has 0 saturated carbocycles. The summed E-state index contributed by atoms with van der Waals surface area (Å²) in [5.41, 5.74) is 2.76. The number of oxazole rings is 1. The van der Waals surface area contributed by atoms with Gasteiger partial charge in [-0.2, -0.15) is 0 Å². The molecule has 8 heteroatoms. The van der Waals surface area contributed by atoms with Gasteiger partial charge in [0.2, 0.25) is 11.8 Å². The number of hydrogen-bond acceptors (Lipinski definition) is 6. The van der Waals surface area contributed by atoms with Crippen molar-refractivity contribution >= 4 is 45.1 Å². The lowest BCUT2D eigenvalue weighted by molar-refractivity contribution is -0.117. The van der Waals surface area contributed by atoms with Crippen molar-refractivity contribution in [3.63, 3.8) is 0 Å². The fourth-order valence-corrected chi connectivity index (χ4v) is 3.86. The van der Waals surface area contributed by atoms with E-state index in [0.717, 1.165) is 11.9 Å². The molecule has 2 aromatic heterocycles. The zero-order valence-corrected chi connectivity index (χ0v) is 16.0. The molecular formula is C19H20N4O3S. The fourth-order valence-electron chi connectivity index (χ4n) is 2.99. The predicted molar refractivity (Wildman–Crippen MR) is 104 cm³/mol. The molecule has 2 amide bonds. The molecule has 3 heterocycles. The number of carbonyl (C=O) groups excluding carboxylic acids is 2. The summed E-state index contributed by atoms with van der Waals surface area (Å²) in [6, 6.07) is 5.41. The Kier molecular flexibility index (Phi) is 4.65. The van der Waals surface area contributed by atoms with Gasteiger partial charge in [0.1, 0.15) is 5.52 Å². The van der Waals surface area contributed by atoms with Crippen LogP contribution in [0.4, 0.5) is 10.8 Å². The molecular weight excluding hydrogens is 364 g/mol. The van der Waals surface area contributed by atoms with Crippen LogP contribution in [0.3, 0.4) is 0 Å². The smallest absolute Gasteiger partial charge is 0.230 e. The predicted octanol–water partition coefficient (Wildman–Crippen LogP) is 3.72. The number of thiazole rings is 1. The fraction of sp³-hybridized carbons (Fsp3) is 0.368. The van der Waals surface area contributed by atoms with Crippen molar-refractivity contribution in [1.29, 1.82) is 0 Å². The minimum absolute atomic E-state index is 0.0991. The summed E-state index contributed by atoms with van der Waals surface area (Å²) in [5, 5.41) is 5.37. The van der Waals surface area contributed by atoms with E-state index < -0.39 is 0 Å². The van der Waals surface area contributed by atoms with Gasteiger partial charge < -0.3 is 9.73 Å². The van der Waals surface area contributed by atoms with Crippen molar-refractivity contribution in [3.8, 4) is 0 Å². The molecule has 1 N–H and O–H groups in total. The van der Waals surface area contributed by atoms with Gasteiger partial charge in [-0.25, -0.2) is 9.97 Å². The Hall–Kier alpha value is -2.74. The van der Waals surface area contributed by atoms with E-state index in [2.05, 4.69) is 15.3 Å². The molecule has 27 heavy (non-hydrogen) atoms. The quantitative estimate of drug-likeness (QED) is 0.724. The lowest BCUT2D eigenvalue weighted by atomic mass is 10.2. The van der Waals surface area contributed by atoms with Crippen LogP contribution >= 0.6 is 11.3 Å². The van der Waals surface area contributed by atoms with Crippen LogP contribution in [0.25, 0.3) is 11.1 Å². The Morgan fingerprint density at radius 2 is 2.22 bits per heavy atom. The average molecular weight is 384 g/mol. The number of carbonyl (C=O) groups is 2. The molecule has 0 unspecified atom stereocenters. The number of fused-ring (bicyclic) bond motifs is 1. The molecule has 0 aliphatic carbocycles. The maximum Gasteiger partial charge on any atom is 0.230 e. The zero-order valence-electron chi connectivity index (χ0n) is 15.2. The maximum atomic E-state index is 12.4. The molecule has 1 saturated heterocycles. The second kappa shape index (κ2) is 7.11. The molecule has 3 aromatic rings. The molecule has 0 bridgehead atoms. The molecule has 1 aliphatic heterocycles. The summed E-state index contributed by atoms with van der Waals surface area (Å²) < 4.78 is 5.68. The third kappa shape index (κ3) is 3.71. The molecule has 0 atom stereocenters. The van der Waals surface area contributed by atoms with Gasteiger partial charge in [0.05, 0.1) is 12.1 Å². The number of anilines is 2. The number of nitrogens with one attached hydrogen (secondary N) is 1. The number of benzene rings is 1. The minimum atomic E-state index is -0.161. The van der Waals surface area contributed by atoms with Crippen LogP contribution in [-0.2, 0) is 16.0 Å². The van der Waals surface area contributed by atoms with Crippen molar-refractivity contribution in [2.45, 2.75) is 39.0 Å². The first kappa shape index (κ1) is 17.7. The van der Waals surface area contributed by atoms with Gasteiger partial charge in [-0.05, 0) is 24.6 Å². The first-order valence-electron chi connectivity index (χ1n) is 8.94. The highest BCUT2D eigenvalue weighted by atomic mass is 32.1. The van der Waals surface area contributed by atoms with E-state index in [1.807, 2.05) is 25.3 Å². The molecule has 0 radical (unpaired) electrons. The van der Waals surface area contributed by atoms with Crippen LogP contribution in [0, 0.1) is 0 Å².